The number of halogens is 2. The van der Waals surface area contributed by atoms with E-state index < -0.39 is 0 Å². The molecule has 144 valence electrons. The zero-order valence-corrected chi connectivity index (χ0v) is 16.0. The Morgan fingerprint density at radius 3 is 2.52 bits per heavy atom. The molecular weight excluding hydrogens is 369 g/mol. The highest BCUT2D eigenvalue weighted by atomic mass is 35.5. The summed E-state index contributed by atoms with van der Waals surface area (Å²) in [6, 6.07) is 11.8. The molecule has 2 aromatic carbocycles. The fraction of sp³-hybridized carbons (Fsp3) is 0.350. The summed E-state index contributed by atoms with van der Waals surface area (Å²) >= 11 is 5.92. The number of anilines is 1. The van der Waals surface area contributed by atoms with Crippen LogP contribution in [0.25, 0.3) is 0 Å². The lowest BCUT2D eigenvalue weighted by atomic mass is 10.2. The molecule has 27 heavy (non-hydrogen) atoms. The molecular formula is C20H23ClFN3O2. The number of hydrogen-bond acceptors (Lipinski definition) is 3. The molecule has 1 N–H and O–H groups in total. The Labute approximate surface area is 163 Å². The number of nitrogens with zero attached hydrogens (tertiary/aromatic N) is 2. The summed E-state index contributed by atoms with van der Waals surface area (Å²) in [5.74, 6) is 0.523. The van der Waals surface area contributed by atoms with Gasteiger partial charge in [0.1, 0.15) is 18.2 Å². The van der Waals surface area contributed by atoms with Crippen LogP contribution in [0.3, 0.4) is 0 Å². The Balaban J connectivity index is 1.38. The van der Waals surface area contributed by atoms with E-state index in [0.29, 0.717) is 31.3 Å². The van der Waals surface area contributed by atoms with Crippen LogP contribution < -0.4 is 15.0 Å². The van der Waals surface area contributed by atoms with Gasteiger partial charge in [-0.3, -0.25) is 0 Å². The quantitative estimate of drug-likeness (QED) is 0.790. The normalized spacial score (nSPS) is 14.2. The zero-order valence-electron chi connectivity index (χ0n) is 15.3. The predicted octanol–water partition coefficient (Wildman–Crippen LogP) is 3.70. The Hall–Kier alpha value is -2.47. The molecule has 0 radical (unpaired) electrons. The number of carbonyl (C=O) groups excluding carboxylic acids is 1. The van der Waals surface area contributed by atoms with Gasteiger partial charge in [0.2, 0.25) is 0 Å². The Bertz CT molecular complexity index is 777. The molecule has 1 aliphatic heterocycles. The molecule has 2 aromatic rings. The van der Waals surface area contributed by atoms with Crippen molar-refractivity contribution in [1.29, 1.82) is 0 Å². The van der Waals surface area contributed by atoms with Crippen LogP contribution >= 0.6 is 11.6 Å². The van der Waals surface area contributed by atoms with E-state index in [0.717, 1.165) is 30.1 Å². The van der Waals surface area contributed by atoms with Crippen molar-refractivity contribution in [2.75, 3.05) is 44.2 Å². The third-order valence-electron chi connectivity index (χ3n) is 4.53. The van der Waals surface area contributed by atoms with Crippen molar-refractivity contribution in [3.05, 3.63) is 58.9 Å². The van der Waals surface area contributed by atoms with E-state index >= 15 is 0 Å². The molecule has 0 unspecified atom stereocenters. The van der Waals surface area contributed by atoms with E-state index in [2.05, 4.69) is 10.2 Å². The predicted molar refractivity (Wildman–Crippen MR) is 105 cm³/mol. The van der Waals surface area contributed by atoms with Gasteiger partial charge < -0.3 is 19.9 Å². The monoisotopic (exact) mass is 391 g/mol. The van der Waals surface area contributed by atoms with Crippen molar-refractivity contribution in [2.45, 2.75) is 6.92 Å². The van der Waals surface area contributed by atoms with Crippen LogP contribution in [0.15, 0.2) is 42.5 Å². The molecule has 1 saturated heterocycles. The highest BCUT2D eigenvalue weighted by Gasteiger charge is 2.21. The van der Waals surface area contributed by atoms with Crippen LogP contribution in [-0.2, 0) is 0 Å². The fourth-order valence-corrected chi connectivity index (χ4v) is 3.25. The molecule has 1 heterocycles. The van der Waals surface area contributed by atoms with Gasteiger partial charge in [0.25, 0.3) is 0 Å². The second-order valence-electron chi connectivity index (χ2n) is 6.44. The van der Waals surface area contributed by atoms with Gasteiger partial charge in [-0.05, 0) is 55.0 Å². The van der Waals surface area contributed by atoms with Crippen LogP contribution in [-0.4, -0.2) is 50.3 Å². The highest BCUT2D eigenvalue weighted by Crippen LogP contribution is 2.21. The number of hydrogen-bond donors (Lipinski definition) is 1. The lowest BCUT2D eigenvalue weighted by Gasteiger charge is -2.36. The van der Waals surface area contributed by atoms with Crippen molar-refractivity contribution >= 4 is 23.3 Å². The number of aryl methyl sites for hydroxylation is 1. The van der Waals surface area contributed by atoms with Crippen molar-refractivity contribution < 1.29 is 13.9 Å². The first-order chi connectivity index (χ1) is 13.0. The molecule has 0 atom stereocenters. The van der Waals surface area contributed by atoms with Gasteiger partial charge in [-0.2, -0.15) is 0 Å². The lowest BCUT2D eigenvalue weighted by molar-refractivity contribution is 0.191. The van der Waals surface area contributed by atoms with E-state index in [-0.39, 0.29) is 11.8 Å². The third kappa shape index (κ3) is 5.26. The molecule has 0 aromatic heterocycles. The van der Waals surface area contributed by atoms with E-state index in [1.165, 1.54) is 12.1 Å². The largest absolute Gasteiger partial charge is 0.491 e. The summed E-state index contributed by atoms with van der Waals surface area (Å²) in [5.41, 5.74) is 1.94. The number of piperazine rings is 1. The topological polar surface area (TPSA) is 44.8 Å². The van der Waals surface area contributed by atoms with Gasteiger partial charge in [0.05, 0.1) is 6.54 Å². The number of rotatable bonds is 5. The van der Waals surface area contributed by atoms with Crippen molar-refractivity contribution in [2.24, 2.45) is 0 Å². The summed E-state index contributed by atoms with van der Waals surface area (Å²) in [6.45, 7) is 5.45. The number of ether oxygens (including phenoxy) is 1. The van der Waals surface area contributed by atoms with Crippen molar-refractivity contribution in [3.63, 3.8) is 0 Å². The van der Waals surface area contributed by atoms with E-state index in [1.807, 2.05) is 19.1 Å². The van der Waals surface area contributed by atoms with E-state index in [9.17, 15) is 9.18 Å². The second kappa shape index (κ2) is 8.95. The van der Waals surface area contributed by atoms with Crippen molar-refractivity contribution in [1.82, 2.24) is 10.2 Å². The average molecular weight is 392 g/mol. The Kier molecular flexibility index (Phi) is 6.40. The van der Waals surface area contributed by atoms with Gasteiger partial charge in [0, 0.05) is 36.9 Å². The van der Waals surface area contributed by atoms with Gasteiger partial charge in [0.15, 0.2) is 0 Å². The van der Waals surface area contributed by atoms with E-state index in [4.69, 9.17) is 16.3 Å². The first-order valence-corrected chi connectivity index (χ1v) is 9.33. The molecule has 0 saturated carbocycles. The first kappa shape index (κ1) is 19.3. The standard InChI is InChI=1S/C20H23ClFN3O2/c1-15-14-16(21)2-7-19(15)27-13-8-23-20(26)25-11-9-24(10-12-25)18-5-3-17(22)4-6-18/h2-7,14H,8-13H2,1H3,(H,23,26). The summed E-state index contributed by atoms with van der Waals surface area (Å²) in [6.07, 6.45) is 0. The van der Waals surface area contributed by atoms with Gasteiger partial charge >= 0.3 is 6.03 Å². The second-order valence-corrected chi connectivity index (χ2v) is 6.88. The molecule has 0 aliphatic carbocycles. The molecule has 7 heteroatoms. The van der Waals surface area contributed by atoms with E-state index in [1.54, 1.807) is 23.1 Å². The molecule has 1 aliphatic rings. The summed E-state index contributed by atoms with van der Waals surface area (Å²) in [5, 5.41) is 3.56. The molecule has 2 amide bonds. The maximum absolute atomic E-state index is 13.0. The minimum absolute atomic E-state index is 0.0924. The number of carbonyl (C=O) groups is 1. The van der Waals surface area contributed by atoms with Gasteiger partial charge in [-0.25, -0.2) is 9.18 Å². The molecule has 1 fully saturated rings. The van der Waals surface area contributed by atoms with Gasteiger partial charge in [-0.15, -0.1) is 0 Å². The molecule has 3 rings (SSSR count). The number of amides is 2. The molecule has 0 spiro atoms. The van der Waals surface area contributed by atoms with Crippen LogP contribution in [0.4, 0.5) is 14.9 Å². The minimum atomic E-state index is -0.243. The lowest BCUT2D eigenvalue weighted by Crippen LogP contribution is -2.52. The molecule has 5 nitrogen and oxygen atoms in total. The summed E-state index contributed by atoms with van der Waals surface area (Å²) in [4.78, 5) is 16.2. The minimum Gasteiger partial charge on any atom is -0.491 e. The van der Waals surface area contributed by atoms with Gasteiger partial charge in [-0.1, -0.05) is 11.6 Å². The molecule has 0 bridgehead atoms. The number of nitrogens with one attached hydrogen (secondary N) is 1. The number of urea groups is 1. The van der Waals surface area contributed by atoms with Crippen LogP contribution in [0, 0.1) is 12.7 Å². The highest BCUT2D eigenvalue weighted by molar-refractivity contribution is 6.30. The zero-order chi connectivity index (χ0) is 19.2. The van der Waals surface area contributed by atoms with Crippen molar-refractivity contribution in [3.8, 4) is 5.75 Å². The SMILES string of the molecule is Cc1cc(Cl)ccc1OCCNC(=O)N1CCN(c2ccc(F)cc2)CC1. The van der Waals surface area contributed by atoms with Crippen LogP contribution in [0.2, 0.25) is 5.02 Å². The Morgan fingerprint density at radius 2 is 1.85 bits per heavy atom. The van der Waals surface area contributed by atoms with Crippen LogP contribution in [0.1, 0.15) is 5.56 Å². The maximum Gasteiger partial charge on any atom is 0.317 e. The average Bonchev–Trinajstić information content (AvgIpc) is 2.67. The third-order valence-corrected chi connectivity index (χ3v) is 4.77. The maximum atomic E-state index is 13.0. The summed E-state index contributed by atoms with van der Waals surface area (Å²) < 4.78 is 18.7. The smallest absolute Gasteiger partial charge is 0.317 e. The van der Waals surface area contributed by atoms with Crippen LogP contribution in [0.5, 0.6) is 5.75 Å². The Morgan fingerprint density at radius 1 is 1.15 bits per heavy atom. The number of benzene rings is 2. The fourth-order valence-electron chi connectivity index (χ4n) is 3.03. The first-order valence-electron chi connectivity index (χ1n) is 8.95. The summed E-state index contributed by atoms with van der Waals surface area (Å²) in [7, 11) is 0.